The van der Waals surface area contributed by atoms with Crippen molar-refractivity contribution in [2.75, 3.05) is 19.6 Å². The molecule has 2 atom stereocenters. The highest BCUT2D eigenvalue weighted by atomic mass is 35.5. The number of nitrogens with two attached hydrogens (primary N) is 1. The van der Waals surface area contributed by atoms with Crippen molar-refractivity contribution in [3.63, 3.8) is 0 Å². The van der Waals surface area contributed by atoms with Gasteiger partial charge in [0.05, 0.1) is 5.56 Å². The van der Waals surface area contributed by atoms with Gasteiger partial charge >= 0.3 is 6.18 Å². The molecule has 9 heteroatoms. The molecule has 0 saturated carbocycles. The monoisotopic (exact) mass is 435 g/mol. The van der Waals surface area contributed by atoms with Gasteiger partial charge in [0, 0.05) is 38.5 Å². The quantitative estimate of drug-likeness (QED) is 0.688. The topological polar surface area (TPSA) is 75.4 Å². The third-order valence-corrected chi connectivity index (χ3v) is 5.14. The first kappa shape index (κ1) is 25.2. The van der Waals surface area contributed by atoms with Gasteiger partial charge in [-0.3, -0.25) is 9.59 Å². The van der Waals surface area contributed by atoms with Gasteiger partial charge in [0.25, 0.3) is 0 Å². The first-order chi connectivity index (χ1) is 13.2. The molecule has 2 rings (SSSR count). The highest BCUT2D eigenvalue weighted by molar-refractivity contribution is 5.85. The van der Waals surface area contributed by atoms with Crippen LogP contribution in [0.1, 0.15) is 56.1 Å². The van der Waals surface area contributed by atoms with Crippen molar-refractivity contribution < 1.29 is 22.8 Å². The Bertz CT molecular complexity index is 668. The molecule has 5 nitrogen and oxygen atoms in total. The number of halogens is 4. The predicted molar refractivity (Wildman–Crippen MR) is 108 cm³/mol. The van der Waals surface area contributed by atoms with Crippen molar-refractivity contribution in [1.82, 2.24) is 10.2 Å². The Morgan fingerprint density at radius 2 is 1.90 bits per heavy atom. The molecular formula is C20H29ClF3N3O2. The van der Waals surface area contributed by atoms with E-state index in [-0.39, 0.29) is 55.6 Å². The Hall–Kier alpha value is -1.80. The second-order valence-corrected chi connectivity index (χ2v) is 7.30. The molecule has 0 radical (unpaired) electrons. The zero-order valence-corrected chi connectivity index (χ0v) is 17.3. The smallest absolute Gasteiger partial charge is 0.354 e. The molecule has 0 bridgehead atoms. The minimum atomic E-state index is -4.37. The fraction of sp³-hybridized carbons (Fsp3) is 0.600. The lowest BCUT2D eigenvalue weighted by Crippen LogP contribution is -2.49. The number of nitrogens with one attached hydrogen (secondary N) is 1. The SMILES string of the molecule is CC(CC(=O)N1CCCCC1CNC(=O)CCN)c1ccc(C(F)(F)F)cc1.Cl. The lowest BCUT2D eigenvalue weighted by Gasteiger charge is -2.36. The van der Waals surface area contributed by atoms with E-state index >= 15 is 0 Å². The van der Waals surface area contributed by atoms with Gasteiger partial charge in [0.15, 0.2) is 0 Å². The fourth-order valence-corrected chi connectivity index (χ4v) is 3.49. The maximum atomic E-state index is 12.8. The van der Waals surface area contributed by atoms with Gasteiger partial charge in [0.1, 0.15) is 0 Å². The van der Waals surface area contributed by atoms with Gasteiger partial charge in [-0.25, -0.2) is 0 Å². The van der Waals surface area contributed by atoms with Crippen molar-refractivity contribution in [1.29, 1.82) is 0 Å². The van der Waals surface area contributed by atoms with Gasteiger partial charge < -0.3 is 16.0 Å². The Morgan fingerprint density at radius 3 is 2.48 bits per heavy atom. The second-order valence-electron chi connectivity index (χ2n) is 7.30. The average Bonchev–Trinajstić information content (AvgIpc) is 2.66. The van der Waals surface area contributed by atoms with Gasteiger partial charge in [0.2, 0.25) is 11.8 Å². The van der Waals surface area contributed by atoms with E-state index in [0.29, 0.717) is 18.7 Å². The van der Waals surface area contributed by atoms with Crippen LogP contribution in [0.3, 0.4) is 0 Å². The number of piperidine rings is 1. The maximum absolute atomic E-state index is 12.8. The lowest BCUT2D eigenvalue weighted by molar-refractivity contribution is -0.138. The number of benzene rings is 1. The third-order valence-electron chi connectivity index (χ3n) is 5.14. The molecule has 1 aliphatic heterocycles. The largest absolute Gasteiger partial charge is 0.416 e. The number of rotatable bonds is 7. The van der Waals surface area contributed by atoms with Crippen molar-refractivity contribution in [2.24, 2.45) is 5.73 Å². The minimum absolute atomic E-state index is 0. The van der Waals surface area contributed by atoms with Crippen molar-refractivity contribution in [3.05, 3.63) is 35.4 Å². The number of likely N-dealkylation sites (tertiary alicyclic amines) is 1. The molecule has 0 aliphatic carbocycles. The normalized spacial score (nSPS) is 18.0. The number of carbonyl (C=O) groups is 2. The molecule has 0 aromatic heterocycles. The molecular weight excluding hydrogens is 407 g/mol. The van der Waals surface area contributed by atoms with E-state index in [0.717, 1.165) is 31.4 Å². The molecule has 1 aromatic carbocycles. The standard InChI is InChI=1S/C20H28F3N3O2.ClH/c1-14(15-5-7-16(8-6-15)20(21,22)23)12-19(28)26-11-3-2-4-17(26)13-25-18(27)9-10-24;/h5-8,14,17H,2-4,9-13,24H2,1H3,(H,25,27);1H. The molecule has 3 N–H and O–H groups in total. The number of amides is 2. The predicted octanol–water partition coefficient (Wildman–Crippen LogP) is 3.47. The van der Waals surface area contributed by atoms with Crippen LogP contribution < -0.4 is 11.1 Å². The first-order valence-corrected chi connectivity index (χ1v) is 9.65. The number of hydrogen-bond donors (Lipinski definition) is 2. The van der Waals surface area contributed by atoms with Crippen molar-refractivity contribution in [2.45, 2.75) is 57.2 Å². The highest BCUT2D eigenvalue weighted by Crippen LogP contribution is 2.31. The molecule has 1 saturated heterocycles. The third kappa shape index (κ3) is 7.51. The number of alkyl halides is 3. The molecule has 2 amide bonds. The summed E-state index contributed by atoms with van der Waals surface area (Å²) < 4.78 is 38.1. The van der Waals surface area contributed by atoms with E-state index in [1.165, 1.54) is 12.1 Å². The van der Waals surface area contributed by atoms with Crippen LogP contribution in [0.2, 0.25) is 0 Å². The van der Waals surface area contributed by atoms with Crippen LogP contribution in [0.4, 0.5) is 13.2 Å². The minimum Gasteiger partial charge on any atom is -0.354 e. The summed E-state index contributed by atoms with van der Waals surface area (Å²) in [5.41, 5.74) is 5.37. The molecule has 0 spiro atoms. The van der Waals surface area contributed by atoms with E-state index in [4.69, 9.17) is 5.73 Å². The molecule has 1 aliphatic rings. The maximum Gasteiger partial charge on any atom is 0.416 e. The van der Waals surface area contributed by atoms with Crippen molar-refractivity contribution in [3.8, 4) is 0 Å². The molecule has 1 heterocycles. The summed E-state index contributed by atoms with van der Waals surface area (Å²) in [4.78, 5) is 26.2. The van der Waals surface area contributed by atoms with E-state index < -0.39 is 11.7 Å². The fourth-order valence-electron chi connectivity index (χ4n) is 3.49. The molecule has 1 fully saturated rings. The summed E-state index contributed by atoms with van der Waals surface area (Å²) >= 11 is 0. The Kier molecular flexibility index (Phi) is 9.92. The van der Waals surface area contributed by atoms with Crippen LogP contribution >= 0.6 is 12.4 Å². The van der Waals surface area contributed by atoms with Crippen LogP contribution in [-0.4, -0.2) is 42.4 Å². The summed E-state index contributed by atoms with van der Waals surface area (Å²) in [6.45, 7) is 3.15. The summed E-state index contributed by atoms with van der Waals surface area (Å²) in [6, 6.07) is 4.91. The van der Waals surface area contributed by atoms with E-state index in [1.54, 1.807) is 4.90 Å². The van der Waals surface area contributed by atoms with Gasteiger partial charge in [-0.1, -0.05) is 19.1 Å². The van der Waals surface area contributed by atoms with Crippen LogP contribution in [0.5, 0.6) is 0 Å². The molecule has 1 aromatic rings. The summed E-state index contributed by atoms with van der Waals surface area (Å²) in [6.07, 6.45) is -1.16. The number of nitrogens with zero attached hydrogens (tertiary/aromatic N) is 1. The Labute approximate surface area is 175 Å². The van der Waals surface area contributed by atoms with Gasteiger partial charge in [-0.2, -0.15) is 13.2 Å². The Morgan fingerprint density at radius 1 is 1.24 bits per heavy atom. The van der Waals surface area contributed by atoms with Gasteiger partial charge in [-0.15, -0.1) is 12.4 Å². The van der Waals surface area contributed by atoms with Gasteiger partial charge in [-0.05, 0) is 42.9 Å². The average molecular weight is 436 g/mol. The second kappa shape index (κ2) is 11.4. The highest BCUT2D eigenvalue weighted by Gasteiger charge is 2.31. The van der Waals surface area contributed by atoms with E-state index in [2.05, 4.69) is 5.32 Å². The summed E-state index contributed by atoms with van der Waals surface area (Å²) in [5, 5.41) is 2.82. The van der Waals surface area contributed by atoms with E-state index in [9.17, 15) is 22.8 Å². The zero-order chi connectivity index (χ0) is 20.7. The van der Waals surface area contributed by atoms with Crippen LogP contribution in [-0.2, 0) is 15.8 Å². The summed E-state index contributed by atoms with van der Waals surface area (Å²) in [7, 11) is 0. The molecule has 29 heavy (non-hydrogen) atoms. The zero-order valence-electron chi connectivity index (χ0n) is 16.5. The number of carbonyl (C=O) groups excluding carboxylic acids is 2. The molecule has 164 valence electrons. The Balaban J connectivity index is 0.00000420. The first-order valence-electron chi connectivity index (χ1n) is 9.65. The van der Waals surface area contributed by atoms with Crippen LogP contribution in [0.25, 0.3) is 0 Å². The molecule has 2 unspecified atom stereocenters. The van der Waals surface area contributed by atoms with Crippen LogP contribution in [0.15, 0.2) is 24.3 Å². The number of hydrogen-bond acceptors (Lipinski definition) is 3. The lowest BCUT2D eigenvalue weighted by atomic mass is 9.94. The summed E-state index contributed by atoms with van der Waals surface area (Å²) in [5.74, 6) is -0.354. The van der Waals surface area contributed by atoms with E-state index in [1.807, 2.05) is 6.92 Å². The van der Waals surface area contributed by atoms with Crippen molar-refractivity contribution >= 4 is 24.2 Å². The van der Waals surface area contributed by atoms with Crippen LogP contribution in [0, 0.1) is 0 Å².